The molecule has 0 fully saturated rings. The summed E-state index contributed by atoms with van der Waals surface area (Å²) in [4.78, 5) is 30.7. The molecule has 35 heavy (non-hydrogen) atoms. The molecule has 176 valence electrons. The molecule has 0 aliphatic rings. The summed E-state index contributed by atoms with van der Waals surface area (Å²) in [5.74, 6) is 0.133. The number of hydrogen-bond donors (Lipinski definition) is 1. The minimum Gasteiger partial charge on any atom is -0.494 e. The number of hydrogen-bond acceptors (Lipinski definition) is 9. The molecular weight excluding hydrogens is 488 g/mol. The highest BCUT2D eigenvalue weighted by molar-refractivity contribution is 7.22. The normalized spacial score (nSPS) is 11.1. The Morgan fingerprint density at radius 2 is 1.91 bits per heavy atom. The van der Waals surface area contributed by atoms with Gasteiger partial charge in [-0.25, -0.2) is 14.6 Å². The second kappa shape index (κ2) is 9.01. The number of carbonyl (C=O) groups excluding carboxylic acids is 1. The number of nitrogens with one attached hydrogen (secondary N) is 1. The van der Waals surface area contributed by atoms with E-state index in [2.05, 4.69) is 35.6 Å². The number of thiazole rings is 1. The van der Waals surface area contributed by atoms with Gasteiger partial charge < -0.3 is 4.74 Å². The van der Waals surface area contributed by atoms with Crippen molar-refractivity contribution in [1.82, 2.24) is 34.9 Å². The molecule has 0 aliphatic heterocycles. The van der Waals surface area contributed by atoms with Gasteiger partial charge in [-0.1, -0.05) is 28.2 Å². The quantitative estimate of drug-likeness (QED) is 0.346. The van der Waals surface area contributed by atoms with Crippen molar-refractivity contribution in [3.05, 3.63) is 58.9 Å². The molecule has 0 aromatic carbocycles. The predicted octanol–water partition coefficient (Wildman–Crippen LogP) is 4.47. The first-order valence-corrected chi connectivity index (χ1v) is 11.6. The molecule has 0 aliphatic carbocycles. The van der Waals surface area contributed by atoms with Crippen LogP contribution in [-0.2, 0) is 7.05 Å². The van der Waals surface area contributed by atoms with E-state index in [0.717, 1.165) is 27.5 Å². The van der Waals surface area contributed by atoms with Gasteiger partial charge in [0, 0.05) is 30.1 Å². The van der Waals surface area contributed by atoms with Gasteiger partial charge in [-0.05, 0) is 32.0 Å². The average molecular weight is 507 g/mol. The lowest BCUT2D eigenvalue weighted by Crippen LogP contribution is -2.14. The Bertz CT molecular complexity index is 1580. The minimum absolute atomic E-state index is 0.287. The van der Waals surface area contributed by atoms with Crippen LogP contribution in [-0.4, -0.2) is 47.9 Å². The number of rotatable bonds is 5. The van der Waals surface area contributed by atoms with Crippen LogP contribution in [0.3, 0.4) is 0 Å². The van der Waals surface area contributed by atoms with Crippen molar-refractivity contribution >= 4 is 44.2 Å². The van der Waals surface area contributed by atoms with E-state index >= 15 is 0 Å². The topological polar surface area (TPSA) is 121 Å². The molecule has 0 bridgehead atoms. The van der Waals surface area contributed by atoms with E-state index in [-0.39, 0.29) is 11.1 Å². The predicted molar refractivity (Wildman–Crippen MR) is 134 cm³/mol. The molecule has 5 rings (SSSR count). The van der Waals surface area contributed by atoms with Gasteiger partial charge in [0.25, 0.3) is 5.91 Å². The van der Waals surface area contributed by atoms with Gasteiger partial charge in [0.05, 0.1) is 41.2 Å². The number of nitrogens with zero attached hydrogens (tertiary/aromatic N) is 7. The smallest absolute Gasteiger partial charge is 0.259 e. The first kappa shape index (κ1) is 22.8. The number of aryl methyl sites for hydroxylation is 3. The molecule has 0 saturated carbocycles. The Labute approximate surface area is 209 Å². The van der Waals surface area contributed by atoms with Crippen LogP contribution in [0.5, 0.6) is 5.75 Å². The third-order valence-electron chi connectivity index (χ3n) is 5.36. The van der Waals surface area contributed by atoms with E-state index in [4.69, 9.17) is 16.3 Å². The van der Waals surface area contributed by atoms with Crippen molar-refractivity contribution < 1.29 is 9.53 Å². The molecule has 0 atom stereocenters. The summed E-state index contributed by atoms with van der Waals surface area (Å²) in [6.45, 7) is 3.72. The number of aromatic nitrogens is 7. The zero-order valence-corrected chi connectivity index (χ0v) is 20.8. The summed E-state index contributed by atoms with van der Waals surface area (Å²) in [7, 11) is 3.35. The summed E-state index contributed by atoms with van der Waals surface area (Å²) in [5, 5.41) is 11.7. The molecule has 0 unspecified atom stereocenters. The van der Waals surface area contributed by atoms with Crippen molar-refractivity contribution in [2.45, 2.75) is 13.8 Å². The molecule has 1 amide bonds. The Morgan fingerprint density at radius 1 is 1.09 bits per heavy atom. The van der Waals surface area contributed by atoms with Crippen LogP contribution in [0.2, 0.25) is 5.15 Å². The van der Waals surface area contributed by atoms with Gasteiger partial charge in [-0.3, -0.25) is 20.1 Å². The fourth-order valence-corrected chi connectivity index (χ4v) is 4.77. The van der Waals surface area contributed by atoms with Crippen LogP contribution in [0.15, 0.2) is 36.8 Å². The molecular formula is C23H19ClN8O2S. The first-order valence-electron chi connectivity index (χ1n) is 10.4. The largest absolute Gasteiger partial charge is 0.494 e. The highest BCUT2D eigenvalue weighted by Gasteiger charge is 2.20. The zero-order valence-electron chi connectivity index (χ0n) is 19.2. The Morgan fingerprint density at radius 3 is 2.66 bits per heavy atom. The molecule has 5 aromatic rings. The number of methoxy groups -OCH3 is 1. The Hall–Kier alpha value is -3.96. The van der Waals surface area contributed by atoms with Crippen LogP contribution < -0.4 is 10.1 Å². The molecule has 0 spiro atoms. The van der Waals surface area contributed by atoms with E-state index in [0.29, 0.717) is 33.1 Å². The fourth-order valence-electron chi connectivity index (χ4n) is 3.74. The lowest BCUT2D eigenvalue weighted by Gasteiger charge is -2.13. The van der Waals surface area contributed by atoms with E-state index in [1.165, 1.54) is 30.8 Å². The van der Waals surface area contributed by atoms with Gasteiger partial charge in [-0.15, -0.1) is 5.10 Å². The van der Waals surface area contributed by atoms with E-state index < -0.39 is 0 Å². The summed E-state index contributed by atoms with van der Waals surface area (Å²) in [6.07, 6.45) is 4.72. The summed E-state index contributed by atoms with van der Waals surface area (Å²) in [5.41, 5.74) is 5.37. The maximum Gasteiger partial charge on any atom is 0.259 e. The highest BCUT2D eigenvalue weighted by Crippen LogP contribution is 2.35. The number of halogens is 1. The zero-order chi connectivity index (χ0) is 24.7. The van der Waals surface area contributed by atoms with Crippen molar-refractivity contribution in [3.63, 3.8) is 0 Å². The highest BCUT2D eigenvalue weighted by atomic mass is 35.5. The van der Waals surface area contributed by atoms with Crippen molar-refractivity contribution in [2.75, 3.05) is 12.4 Å². The number of pyridine rings is 3. The molecule has 0 saturated heterocycles. The van der Waals surface area contributed by atoms with Crippen LogP contribution in [0.1, 0.15) is 21.7 Å². The van der Waals surface area contributed by atoms with Crippen molar-refractivity contribution in [1.29, 1.82) is 0 Å². The van der Waals surface area contributed by atoms with Crippen LogP contribution in [0, 0.1) is 13.8 Å². The van der Waals surface area contributed by atoms with Crippen LogP contribution >= 0.6 is 22.9 Å². The molecule has 10 nitrogen and oxygen atoms in total. The van der Waals surface area contributed by atoms with E-state index in [9.17, 15) is 4.79 Å². The summed E-state index contributed by atoms with van der Waals surface area (Å²) in [6, 6.07) is 5.38. The second-order valence-electron chi connectivity index (χ2n) is 7.74. The number of fused-ring (bicyclic) bond motifs is 1. The maximum atomic E-state index is 13.3. The first-order chi connectivity index (χ1) is 16.8. The monoisotopic (exact) mass is 506 g/mol. The lowest BCUT2D eigenvalue weighted by atomic mass is 10.0. The summed E-state index contributed by atoms with van der Waals surface area (Å²) < 4.78 is 8.00. The lowest BCUT2D eigenvalue weighted by molar-refractivity contribution is 0.102. The standard InChI is InChI=1S/C23H19ClN8O2S/c1-11-5-13(14-6-20(24)27-10-18(14)34-4)15(8-25-11)22(33)29-23-28-17-9-26-16(7-19(17)35-23)21-12(2)30-31-32(21)3/h5-10H,1-4H3,(H,28,29,33). The molecule has 5 heterocycles. The number of amides is 1. The van der Waals surface area contributed by atoms with Gasteiger partial charge >= 0.3 is 0 Å². The number of anilines is 1. The Kier molecular flexibility index (Phi) is 5.87. The minimum atomic E-state index is -0.360. The third-order valence-corrected chi connectivity index (χ3v) is 6.50. The Balaban J connectivity index is 1.50. The fraction of sp³-hybridized carbons (Fsp3) is 0.174. The van der Waals surface area contributed by atoms with Crippen molar-refractivity contribution in [2.24, 2.45) is 7.05 Å². The second-order valence-corrected chi connectivity index (χ2v) is 9.15. The van der Waals surface area contributed by atoms with Crippen molar-refractivity contribution in [3.8, 4) is 28.3 Å². The number of carbonyl (C=O) groups is 1. The van der Waals surface area contributed by atoms with Gasteiger partial charge in [-0.2, -0.15) is 0 Å². The molecule has 5 aromatic heterocycles. The van der Waals surface area contributed by atoms with Crippen LogP contribution in [0.25, 0.3) is 32.7 Å². The van der Waals surface area contributed by atoms with Crippen LogP contribution in [0.4, 0.5) is 5.13 Å². The SMILES string of the molecule is COc1cnc(Cl)cc1-c1cc(C)ncc1C(=O)Nc1nc2cnc(-c3c(C)nnn3C)cc2s1. The summed E-state index contributed by atoms with van der Waals surface area (Å²) >= 11 is 7.48. The average Bonchev–Trinajstić information content (AvgIpc) is 3.39. The van der Waals surface area contributed by atoms with Gasteiger partial charge in [0.15, 0.2) is 5.13 Å². The number of ether oxygens (including phenoxy) is 1. The molecule has 12 heteroatoms. The molecule has 0 radical (unpaired) electrons. The van der Waals surface area contributed by atoms with Gasteiger partial charge in [0.1, 0.15) is 22.1 Å². The van der Waals surface area contributed by atoms with Gasteiger partial charge in [0.2, 0.25) is 0 Å². The third kappa shape index (κ3) is 4.31. The molecule has 1 N–H and O–H groups in total. The maximum absolute atomic E-state index is 13.3. The van der Waals surface area contributed by atoms with E-state index in [1.807, 2.05) is 33.0 Å². The van der Waals surface area contributed by atoms with E-state index in [1.54, 1.807) is 16.9 Å².